The molecule has 0 amide bonds. The molecule has 0 atom stereocenters. The molecule has 316 valence electrons. The predicted molar refractivity (Wildman–Crippen MR) is 274 cm³/mol. The number of benzene rings is 9. The normalized spacial score (nSPS) is 16.5. The molecule has 0 radical (unpaired) electrons. The Hall–Kier alpha value is -6.96. The van der Waals surface area contributed by atoms with E-state index in [9.17, 15) is 0 Å². The third-order valence-corrected chi connectivity index (χ3v) is 15.8. The van der Waals surface area contributed by atoms with E-state index in [1.165, 1.54) is 107 Å². The zero-order valence-corrected chi connectivity index (χ0v) is 38.4. The maximum atomic E-state index is 2.64. The van der Waals surface area contributed by atoms with Gasteiger partial charge in [-0.2, -0.15) is 0 Å². The van der Waals surface area contributed by atoms with E-state index < -0.39 is 5.41 Å². The number of hydrogen-bond donors (Lipinski definition) is 0. The van der Waals surface area contributed by atoms with Crippen LogP contribution < -0.4 is 4.90 Å². The first-order valence-electron chi connectivity index (χ1n) is 23.6. The summed E-state index contributed by atoms with van der Waals surface area (Å²) in [5, 5.41) is 2.44. The monoisotopic (exact) mass is 837 g/mol. The average Bonchev–Trinajstić information content (AvgIpc) is 3.76. The molecule has 0 fully saturated rings. The number of hydrogen-bond acceptors (Lipinski definition) is 1. The fourth-order valence-electron chi connectivity index (χ4n) is 12.3. The van der Waals surface area contributed by atoms with E-state index in [0.717, 1.165) is 11.4 Å². The Morgan fingerprint density at radius 3 is 1.63 bits per heavy atom. The molecule has 0 N–H and O–H groups in total. The van der Waals surface area contributed by atoms with Gasteiger partial charge in [0.05, 0.1) is 11.1 Å². The molecule has 0 saturated heterocycles. The molecule has 3 aliphatic rings. The predicted octanol–water partition coefficient (Wildman–Crippen LogP) is 17.0. The lowest BCUT2D eigenvalue weighted by Gasteiger charge is -2.43. The van der Waals surface area contributed by atoms with Crippen LogP contribution in [0.2, 0.25) is 0 Å². The topological polar surface area (TPSA) is 3.24 Å². The smallest absolute Gasteiger partial charge is 0.0713 e. The second-order valence-corrected chi connectivity index (χ2v) is 20.7. The Morgan fingerprint density at radius 1 is 0.354 bits per heavy atom. The van der Waals surface area contributed by atoms with Gasteiger partial charge in [0, 0.05) is 22.4 Å². The summed E-state index contributed by atoms with van der Waals surface area (Å²) in [4.78, 5) is 2.47. The maximum Gasteiger partial charge on any atom is 0.0713 e. The Balaban J connectivity index is 1.09. The minimum Gasteiger partial charge on any atom is -0.310 e. The number of para-hydroxylation sites is 1. The molecule has 12 rings (SSSR count). The molecule has 3 aliphatic carbocycles. The van der Waals surface area contributed by atoms with Gasteiger partial charge in [0.2, 0.25) is 0 Å². The molecule has 1 heteroatoms. The summed E-state index contributed by atoms with van der Waals surface area (Å²) >= 11 is 0. The first kappa shape index (κ1) is 39.6. The van der Waals surface area contributed by atoms with Crippen molar-refractivity contribution in [2.24, 2.45) is 0 Å². The Morgan fingerprint density at radius 2 is 0.923 bits per heavy atom. The summed E-state index contributed by atoms with van der Waals surface area (Å²) in [6, 6.07) is 75.9. The van der Waals surface area contributed by atoms with Crippen LogP contribution >= 0.6 is 0 Å². The summed E-state index contributed by atoms with van der Waals surface area (Å²) in [5.41, 5.74) is 22.0. The molecule has 9 aromatic carbocycles. The van der Waals surface area contributed by atoms with Crippen molar-refractivity contribution in [1.82, 2.24) is 0 Å². The van der Waals surface area contributed by atoms with Crippen LogP contribution in [0.4, 0.5) is 17.1 Å². The van der Waals surface area contributed by atoms with Gasteiger partial charge in [-0.3, -0.25) is 0 Å². The van der Waals surface area contributed by atoms with E-state index in [0.29, 0.717) is 0 Å². The second-order valence-electron chi connectivity index (χ2n) is 20.7. The molecule has 0 spiro atoms. The third-order valence-electron chi connectivity index (χ3n) is 15.8. The van der Waals surface area contributed by atoms with Gasteiger partial charge in [-0.1, -0.05) is 199 Å². The van der Waals surface area contributed by atoms with Gasteiger partial charge < -0.3 is 4.90 Å². The van der Waals surface area contributed by atoms with E-state index in [-0.39, 0.29) is 16.2 Å². The highest BCUT2D eigenvalue weighted by Crippen LogP contribution is 2.61. The van der Waals surface area contributed by atoms with Crippen molar-refractivity contribution >= 4 is 27.8 Å². The van der Waals surface area contributed by atoms with Crippen molar-refractivity contribution in [2.75, 3.05) is 4.90 Å². The molecule has 0 aromatic heterocycles. The van der Waals surface area contributed by atoms with E-state index in [2.05, 4.69) is 247 Å². The quantitative estimate of drug-likeness (QED) is 0.161. The number of fused-ring (bicyclic) bond motifs is 8. The highest BCUT2D eigenvalue weighted by molar-refractivity contribution is 6.00. The second kappa shape index (κ2) is 14.3. The van der Waals surface area contributed by atoms with Crippen molar-refractivity contribution in [1.29, 1.82) is 0 Å². The third kappa shape index (κ3) is 5.77. The first-order chi connectivity index (χ1) is 31.5. The molecular weight excluding hydrogens is 783 g/mol. The summed E-state index contributed by atoms with van der Waals surface area (Å²) in [6.45, 7) is 14.6. The van der Waals surface area contributed by atoms with Crippen molar-refractivity contribution in [3.63, 3.8) is 0 Å². The lowest BCUT2D eigenvalue weighted by molar-refractivity contribution is 0.331. The van der Waals surface area contributed by atoms with Crippen molar-refractivity contribution in [3.05, 3.63) is 245 Å². The molecule has 9 aromatic rings. The van der Waals surface area contributed by atoms with Gasteiger partial charge in [-0.05, 0) is 149 Å². The Bertz CT molecular complexity index is 3290. The van der Waals surface area contributed by atoms with Gasteiger partial charge in [-0.15, -0.1) is 0 Å². The molecule has 65 heavy (non-hydrogen) atoms. The average molecular weight is 838 g/mol. The summed E-state index contributed by atoms with van der Waals surface area (Å²) < 4.78 is 0. The molecule has 0 bridgehead atoms. The van der Waals surface area contributed by atoms with E-state index in [1.54, 1.807) is 0 Å². The van der Waals surface area contributed by atoms with E-state index in [4.69, 9.17) is 0 Å². The maximum absolute atomic E-state index is 2.64. The molecular formula is C64H55N. The largest absolute Gasteiger partial charge is 0.310 e. The van der Waals surface area contributed by atoms with Crippen LogP contribution in [0.25, 0.3) is 44.2 Å². The fourth-order valence-corrected chi connectivity index (χ4v) is 12.3. The van der Waals surface area contributed by atoms with Crippen LogP contribution in [0.15, 0.2) is 200 Å². The minimum atomic E-state index is -0.487. The molecule has 0 aliphatic heterocycles. The lowest BCUT2D eigenvalue weighted by atomic mass is 9.61. The highest BCUT2D eigenvalue weighted by Gasteiger charge is 2.49. The van der Waals surface area contributed by atoms with Gasteiger partial charge >= 0.3 is 0 Å². The zero-order chi connectivity index (χ0) is 44.3. The Labute approximate surface area is 385 Å². The van der Waals surface area contributed by atoms with Gasteiger partial charge in [0.15, 0.2) is 0 Å². The standard InChI is InChI=1S/C64H55N/c1-61(2)36-37-62(3,4)57-41-55-51(40-56(57)61)59-49(27-18-30-54(59)64(55,45-20-10-7-11-21-45)46-22-12-8-13-23-46)43-33-32-42-34-35-48(39-44(42)38-43)65(47-24-14-9-15-25-47)58-31-19-29-53-60(58)50-26-16-17-28-52(50)63(53,5)6/h7-35,38-41H,36-37H2,1-6H3. The number of anilines is 3. The van der Waals surface area contributed by atoms with Crippen LogP contribution in [-0.4, -0.2) is 0 Å². The Kier molecular flexibility index (Phi) is 8.70. The van der Waals surface area contributed by atoms with Gasteiger partial charge in [0.25, 0.3) is 0 Å². The zero-order valence-electron chi connectivity index (χ0n) is 38.4. The fraction of sp³-hybridized carbons (Fsp3) is 0.188. The SMILES string of the molecule is CC1(C)CCC(C)(C)c2cc3c(cc21)-c1c(-c2ccc4ccc(N(c5ccccc5)c5cccc6c5-c5ccccc5C6(C)C)cc4c2)cccc1C3(c1ccccc1)c1ccccc1. The summed E-state index contributed by atoms with van der Waals surface area (Å²) in [5.74, 6) is 0. The molecule has 0 saturated carbocycles. The molecule has 0 unspecified atom stereocenters. The van der Waals surface area contributed by atoms with Gasteiger partial charge in [-0.25, -0.2) is 0 Å². The van der Waals surface area contributed by atoms with Crippen LogP contribution in [0.1, 0.15) is 98.9 Å². The number of nitrogens with zero attached hydrogens (tertiary/aromatic N) is 1. The van der Waals surface area contributed by atoms with Crippen LogP contribution in [0, 0.1) is 0 Å². The highest BCUT2D eigenvalue weighted by atomic mass is 15.1. The first-order valence-corrected chi connectivity index (χ1v) is 23.6. The van der Waals surface area contributed by atoms with Crippen molar-refractivity contribution in [3.8, 4) is 33.4 Å². The van der Waals surface area contributed by atoms with Crippen molar-refractivity contribution in [2.45, 2.75) is 76.0 Å². The summed E-state index contributed by atoms with van der Waals surface area (Å²) in [7, 11) is 0. The van der Waals surface area contributed by atoms with E-state index >= 15 is 0 Å². The molecule has 1 nitrogen and oxygen atoms in total. The minimum absolute atomic E-state index is 0.0692. The van der Waals surface area contributed by atoms with Crippen LogP contribution in [0.3, 0.4) is 0 Å². The van der Waals surface area contributed by atoms with Crippen molar-refractivity contribution < 1.29 is 0 Å². The van der Waals surface area contributed by atoms with E-state index in [1.807, 2.05) is 0 Å². The van der Waals surface area contributed by atoms with Crippen LogP contribution in [-0.2, 0) is 21.7 Å². The lowest BCUT2D eigenvalue weighted by Crippen LogP contribution is -2.35. The van der Waals surface area contributed by atoms with Crippen LogP contribution in [0.5, 0.6) is 0 Å². The molecule has 0 heterocycles. The summed E-state index contributed by atoms with van der Waals surface area (Å²) in [6.07, 6.45) is 2.35. The number of rotatable bonds is 6. The van der Waals surface area contributed by atoms with Gasteiger partial charge in [0.1, 0.15) is 0 Å².